The minimum atomic E-state index is 0.142. The second kappa shape index (κ2) is 5.66. The predicted octanol–water partition coefficient (Wildman–Crippen LogP) is 2.64. The molecule has 1 aliphatic rings. The third kappa shape index (κ3) is 2.51. The van der Waals surface area contributed by atoms with E-state index in [4.69, 9.17) is 10.5 Å². The van der Waals surface area contributed by atoms with Crippen molar-refractivity contribution in [2.24, 2.45) is 11.7 Å². The summed E-state index contributed by atoms with van der Waals surface area (Å²) in [7, 11) is 1.66. The summed E-state index contributed by atoms with van der Waals surface area (Å²) in [5.74, 6) is 1.42. The molecule has 1 aliphatic heterocycles. The molecule has 2 aromatic rings. The topological polar surface area (TPSA) is 55.6 Å². The van der Waals surface area contributed by atoms with Crippen LogP contribution in [0, 0.1) is 12.8 Å². The zero-order chi connectivity index (χ0) is 15.0. The van der Waals surface area contributed by atoms with Crippen LogP contribution in [-0.4, -0.2) is 37.6 Å². The summed E-state index contributed by atoms with van der Waals surface area (Å²) in [6.07, 6.45) is 1.01. The number of carbonyl (C=O) groups is 1. The van der Waals surface area contributed by atoms with Crippen LogP contribution in [0.3, 0.4) is 0 Å². The molecule has 1 aromatic heterocycles. The van der Waals surface area contributed by atoms with Gasteiger partial charge in [0.25, 0.3) is 5.91 Å². The molecule has 5 heteroatoms. The van der Waals surface area contributed by atoms with Gasteiger partial charge in [-0.25, -0.2) is 0 Å². The van der Waals surface area contributed by atoms with Crippen molar-refractivity contribution in [2.75, 3.05) is 26.7 Å². The van der Waals surface area contributed by atoms with Crippen LogP contribution in [0.15, 0.2) is 18.2 Å². The monoisotopic (exact) mass is 304 g/mol. The number of hydrogen-bond donors (Lipinski definition) is 1. The lowest BCUT2D eigenvalue weighted by molar-refractivity contribution is 0.0792. The van der Waals surface area contributed by atoms with E-state index in [1.165, 1.54) is 0 Å². The van der Waals surface area contributed by atoms with Gasteiger partial charge in [-0.15, -0.1) is 11.3 Å². The number of thiophene rings is 1. The highest BCUT2D eigenvalue weighted by molar-refractivity contribution is 7.21. The Labute approximate surface area is 128 Å². The summed E-state index contributed by atoms with van der Waals surface area (Å²) in [4.78, 5) is 15.5. The summed E-state index contributed by atoms with van der Waals surface area (Å²) in [6, 6.07) is 5.97. The maximum atomic E-state index is 12.7. The van der Waals surface area contributed by atoms with Crippen molar-refractivity contribution >= 4 is 27.3 Å². The van der Waals surface area contributed by atoms with Gasteiger partial charge in [0.05, 0.1) is 12.0 Å². The van der Waals surface area contributed by atoms with Crippen LogP contribution in [0.25, 0.3) is 10.1 Å². The van der Waals surface area contributed by atoms with E-state index in [-0.39, 0.29) is 5.91 Å². The molecule has 0 bridgehead atoms. The Morgan fingerprint density at radius 1 is 1.52 bits per heavy atom. The van der Waals surface area contributed by atoms with Crippen LogP contribution in [-0.2, 0) is 0 Å². The van der Waals surface area contributed by atoms with Crippen LogP contribution in [0.4, 0.5) is 0 Å². The maximum absolute atomic E-state index is 12.7. The number of benzene rings is 1. The Hall–Kier alpha value is -1.59. The predicted molar refractivity (Wildman–Crippen MR) is 86.2 cm³/mol. The molecule has 1 saturated heterocycles. The van der Waals surface area contributed by atoms with E-state index in [2.05, 4.69) is 0 Å². The lowest BCUT2D eigenvalue weighted by atomic mass is 10.1. The number of aryl methyl sites for hydroxylation is 1. The zero-order valence-corrected chi connectivity index (χ0v) is 13.2. The van der Waals surface area contributed by atoms with Crippen molar-refractivity contribution in [1.82, 2.24) is 4.90 Å². The van der Waals surface area contributed by atoms with E-state index >= 15 is 0 Å². The summed E-state index contributed by atoms with van der Waals surface area (Å²) in [5.41, 5.74) is 6.76. The van der Waals surface area contributed by atoms with Crippen molar-refractivity contribution in [3.8, 4) is 5.75 Å². The summed E-state index contributed by atoms with van der Waals surface area (Å²) in [5, 5.41) is 1.11. The van der Waals surface area contributed by atoms with E-state index < -0.39 is 0 Å². The van der Waals surface area contributed by atoms with Crippen molar-refractivity contribution in [2.45, 2.75) is 13.3 Å². The average Bonchev–Trinajstić information content (AvgIpc) is 3.11. The summed E-state index contributed by atoms with van der Waals surface area (Å²) < 4.78 is 6.40. The smallest absolute Gasteiger partial charge is 0.264 e. The fourth-order valence-electron chi connectivity index (χ4n) is 2.88. The van der Waals surface area contributed by atoms with Crippen LogP contribution < -0.4 is 10.5 Å². The fraction of sp³-hybridized carbons (Fsp3) is 0.438. The largest absolute Gasteiger partial charge is 0.497 e. The average molecular weight is 304 g/mol. The van der Waals surface area contributed by atoms with Gasteiger partial charge in [0.2, 0.25) is 0 Å². The van der Waals surface area contributed by atoms with Crippen molar-refractivity contribution in [3.05, 3.63) is 28.6 Å². The molecule has 1 atom stereocenters. The van der Waals surface area contributed by atoms with Gasteiger partial charge in [0, 0.05) is 17.8 Å². The molecule has 1 aromatic carbocycles. The number of nitrogens with zero attached hydrogens (tertiary/aromatic N) is 1. The molecule has 1 amide bonds. The number of nitrogens with two attached hydrogens (primary N) is 1. The fourth-order valence-corrected chi connectivity index (χ4v) is 4.04. The summed E-state index contributed by atoms with van der Waals surface area (Å²) >= 11 is 1.57. The first-order valence-electron chi connectivity index (χ1n) is 7.20. The first kappa shape index (κ1) is 14.4. The van der Waals surface area contributed by atoms with Crippen LogP contribution in [0.1, 0.15) is 21.7 Å². The molecule has 0 radical (unpaired) electrons. The van der Waals surface area contributed by atoms with Gasteiger partial charge in [-0.05, 0) is 55.0 Å². The third-order valence-electron chi connectivity index (χ3n) is 4.24. The highest BCUT2D eigenvalue weighted by atomic mass is 32.1. The van der Waals surface area contributed by atoms with E-state index in [1.54, 1.807) is 18.4 Å². The molecule has 0 aliphatic carbocycles. The van der Waals surface area contributed by atoms with E-state index in [1.807, 2.05) is 30.0 Å². The van der Waals surface area contributed by atoms with Crippen LogP contribution >= 0.6 is 11.3 Å². The van der Waals surface area contributed by atoms with Crippen LogP contribution in [0.2, 0.25) is 0 Å². The Kier molecular flexibility index (Phi) is 3.87. The number of amides is 1. The normalized spacial score (nSPS) is 18.4. The summed E-state index contributed by atoms with van der Waals surface area (Å²) in [6.45, 7) is 4.28. The second-order valence-corrected chi connectivity index (χ2v) is 6.61. The molecule has 2 heterocycles. The van der Waals surface area contributed by atoms with Gasteiger partial charge >= 0.3 is 0 Å². The van der Waals surface area contributed by atoms with Gasteiger partial charge in [-0.3, -0.25) is 4.79 Å². The van der Waals surface area contributed by atoms with Gasteiger partial charge in [0.1, 0.15) is 5.75 Å². The third-order valence-corrected chi connectivity index (χ3v) is 5.50. The standard InChI is InChI=1S/C16H20N2O2S/c1-10-13-7-12(20-2)3-4-14(13)21-15(10)16(19)18-6-5-11(8-17)9-18/h3-4,7,11H,5-6,8-9,17H2,1-2H3/t11-/m0/s1. The van der Waals surface area contributed by atoms with Crippen molar-refractivity contribution in [1.29, 1.82) is 0 Å². The zero-order valence-electron chi connectivity index (χ0n) is 12.4. The number of rotatable bonds is 3. The first-order chi connectivity index (χ1) is 10.1. The highest BCUT2D eigenvalue weighted by Gasteiger charge is 2.28. The number of ether oxygens (including phenoxy) is 1. The number of fused-ring (bicyclic) bond motifs is 1. The van der Waals surface area contributed by atoms with E-state index in [9.17, 15) is 4.79 Å². The molecule has 3 rings (SSSR count). The van der Waals surface area contributed by atoms with Crippen molar-refractivity contribution in [3.63, 3.8) is 0 Å². The Morgan fingerprint density at radius 3 is 3.00 bits per heavy atom. The van der Waals surface area contributed by atoms with Gasteiger partial charge in [-0.1, -0.05) is 0 Å². The molecular formula is C16H20N2O2S. The molecule has 0 saturated carbocycles. The number of hydrogen-bond acceptors (Lipinski definition) is 4. The molecule has 2 N–H and O–H groups in total. The quantitative estimate of drug-likeness (QED) is 0.948. The minimum absolute atomic E-state index is 0.142. The lowest BCUT2D eigenvalue weighted by Crippen LogP contribution is -2.29. The van der Waals surface area contributed by atoms with Gasteiger partial charge < -0.3 is 15.4 Å². The number of carbonyl (C=O) groups excluding carboxylic acids is 1. The minimum Gasteiger partial charge on any atom is -0.497 e. The lowest BCUT2D eigenvalue weighted by Gasteiger charge is -2.15. The first-order valence-corrected chi connectivity index (χ1v) is 8.02. The Morgan fingerprint density at radius 2 is 2.33 bits per heavy atom. The second-order valence-electron chi connectivity index (χ2n) is 5.56. The molecule has 0 spiro atoms. The van der Waals surface area contributed by atoms with Crippen molar-refractivity contribution < 1.29 is 9.53 Å². The number of methoxy groups -OCH3 is 1. The molecule has 112 valence electrons. The van der Waals surface area contributed by atoms with Gasteiger partial charge in [0.15, 0.2) is 0 Å². The van der Waals surface area contributed by atoms with Crippen LogP contribution in [0.5, 0.6) is 5.75 Å². The number of likely N-dealkylation sites (tertiary alicyclic amines) is 1. The SMILES string of the molecule is COc1ccc2sc(C(=O)N3CC[C@@H](CN)C3)c(C)c2c1. The van der Waals surface area contributed by atoms with E-state index in [0.29, 0.717) is 12.5 Å². The Balaban J connectivity index is 1.93. The molecule has 4 nitrogen and oxygen atoms in total. The molecule has 0 unspecified atom stereocenters. The Bertz CT molecular complexity index is 680. The van der Waals surface area contributed by atoms with Gasteiger partial charge in [-0.2, -0.15) is 0 Å². The molecular weight excluding hydrogens is 284 g/mol. The maximum Gasteiger partial charge on any atom is 0.264 e. The van der Waals surface area contributed by atoms with E-state index in [0.717, 1.165) is 45.8 Å². The molecule has 1 fully saturated rings. The highest BCUT2D eigenvalue weighted by Crippen LogP contribution is 2.34. The molecule has 21 heavy (non-hydrogen) atoms.